The van der Waals surface area contributed by atoms with Crippen LogP contribution in [0.4, 0.5) is 5.69 Å². The average molecular weight is 427 g/mol. The number of nitrogens with zero attached hydrogens (tertiary/aromatic N) is 3. The van der Waals surface area contributed by atoms with E-state index in [0.29, 0.717) is 17.4 Å². The first-order valence-corrected chi connectivity index (χ1v) is 10.9. The fraction of sp³-hybridized carbons (Fsp3) is 0.269. The highest BCUT2D eigenvalue weighted by molar-refractivity contribution is 5.66. The van der Waals surface area contributed by atoms with Crippen molar-refractivity contribution in [3.63, 3.8) is 0 Å². The zero-order valence-corrected chi connectivity index (χ0v) is 18.2. The van der Waals surface area contributed by atoms with Crippen LogP contribution >= 0.6 is 0 Å². The second kappa shape index (κ2) is 7.57. The molecule has 3 N–H and O–H groups in total. The Morgan fingerprint density at radius 3 is 2.06 bits per heavy atom. The van der Waals surface area contributed by atoms with Gasteiger partial charge in [0.2, 0.25) is 0 Å². The summed E-state index contributed by atoms with van der Waals surface area (Å²) < 4.78 is 5.61. The van der Waals surface area contributed by atoms with Crippen LogP contribution in [0.5, 0.6) is 0 Å². The summed E-state index contributed by atoms with van der Waals surface area (Å²) in [6, 6.07) is 20.2. The van der Waals surface area contributed by atoms with Crippen molar-refractivity contribution < 1.29 is 9.63 Å². The Balaban J connectivity index is 1.42. The summed E-state index contributed by atoms with van der Waals surface area (Å²) in [4.78, 5) is 9.09. The van der Waals surface area contributed by atoms with E-state index in [0.717, 1.165) is 41.6 Å². The van der Waals surface area contributed by atoms with Gasteiger partial charge in [-0.05, 0) is 67.6 Å². The molecule has 2 aromatic carbocycles. The summed E-state index contributed by atoms with van der Waals surface area (Å²) in [5.74, 6) is 1.16. The Kier molecular flexibility index (Phi) is 4.82. The molecule has 0 amide bonds. The lowest BCUT2D eigenvalue weighted by atomic mass is 9.64. The SMILES string of the molecule is CC(C)(O)c1ccc(-c2nc(C3(c4ccc(-c5ccc(N)cc5)cc4)CCC3)no2)cn1. The largest absolute Gasteiger partial charge is 0.399 e. The molecule has 6 nitrogen and oxygen atoms in total. The fourth-order valence-electron chi connectivity index (χ4n) is 4.25. The normalized spacial score (nSPS) is 15.3. The molecule has 2 heterocycles. The lowest BCUT2D eigenvalue weighted by Gasteiger charge is -2.39. The average Bonchev–Trinajstić information content (AvgIpc) is 3.24. The van der Waals surface area contributed by atoms with Crippen molar-refractivity contribution in [3.05, 3.63) is 83.9 Å². The summed E-state index contributed by atoms with van der Waals surface area (Å²) >= 11 is 0. The minimum absolute atomic E-state index is 0.220. The third kappa shape index (κ3) is 3.56. The summed E-state index contributed by atoms with van der Waals surface area (Å²) in [7, 11) is 0. The highest BCUT2D eigenvalue weighted by Gasteiger charge is 2.44. The van der Waals surface area contributed by atoms with Gasteiger partial charge in [-0.25, -0.2) is 0 Å². The molecule has 0 bridgehead atoms. The number of aliphatic hydroxyl groups is 1. The molecule has 5 rings (SSSR count). The van der Waals surface area contributed by atoms with Gasteiger partial charge in [0.1, 0.15) is 5.60 Å². The predicted octanol–water partition coefficient (Wildman–Crippen LogP) is 5.08. The molecule has 6 heteroatoms. The van der Waals surface area contributed by atoms with Crippen molar-refractivity contribution >= 4 is 5.69 Å². The van der Waals surface area contributed by atoms with E-state index in [2.05, 4.69) is 34.4 Å². The van der Waals surface area contributed by atoms with Crippen molar-refractivity contribution in [1.29, 1.82) is 0 Å². The first-order valence-electron chi connectivity index (χ1n) is 10.9. The van der Waals surface area contributed by atoms with Crippen LogP contribution in [0.25, 0.3) is 22.6 Å². The van der Waals surface area contributed by atoms with Gasteiger partial charge in [0.15, 0.2) is 5.82 Å². The minimum atomic E-state index is -0.993. The molecule has 162 valence electrons. The Morgan fingerprint density at radius 1 is 0.906 bits per heavy atom. The number of pyridine rings is 1. The van der Waals surface area contributed by atoms with Crippen molar-refractivity contribution in [1.82, 2.24) is 15.1 Å². The van der Waals surface area contributed by atoms with E-state index in [4.69, 9.17) is 15.2 Å². The first-order chi connectivity index (χ1) is 15.3. The second-order valence-electron chi connectivity index (χ2n) is 9.05. The monoisotopic (exact) mass is 426 g/mol. The van der Waals surface area contributed by atoms with E-state index in [1.54, 1.807) is 26.1 Å². The second-order valence-corrected chi connectivity index (χ2v) is 9.05. The van der Waals surface area contributed by atoms with Gasteiger partial charge in [0.05, 0.1) is 16.7 Å². The van der Waals surface area contributed by atoms with E-state index in [1.165, 1.54) is 5.56 Å². The summed E-state index contributed by atoms with van der Waals surface area (Å²) in [5.41, 5.74) is 10.2. The molecule has 1 aliphatic carbocycles. The molecule has 1 aliphatic rings. The maximum Gasteiger partial charge on any atom is 0.259 e. The minimum Gasteiger partial charge on any atom is -0.399 e. The molecule has 0 atom stereocenters. The third-order valence-corrected chi connectivity index (χ3v) is 6.38. The van der Waals surface area contributed by atoms with Crippen LogP contribution in [0.15, 0.2) is 71.4 Å². The summed E-state index contributed by atoms with van der Waals surface area (Å²) in [6.45, 7) is 3.41. The molecule has 1 saturated carbocycles. The standard InChI is InChI=1S/C26H26N4O2/c1-25(2,31)22-13-8-19(16-28-22)23-29-24(30-32-23)26(14-3-15-26)20-9-4-17(5-10-20)18-6-11-21(27)12-7-18/h4-13,16,31H,3,14-15,27H2,1-2H3. The lowest BCUT2D eigenvalue weighted by molar-refractivity contribution is 0.0739. The molecule has 0 unspecified atom stereocenters. The number of nitrogens with two attached hydrogens (primary N) is 1. The highest BCUT2D eigenvalue weighted by Crippen LogP contribution is 2.48. The maximum absolute atomic E-state index is 10.1. The topological polar surface area (TPSA) is 98.1 Å². The van der Waals surface area contributed by atoms with E-state index < -0.39 is 5.60 Å². The molecule has 0 aliphatic heterocycles. The molecular weight excluding hydrogens is 400 g/mol. The predicted molar refractivity (Wildman–Crippen MR) is 124 cm³/mol. The quantitative estimate of drug-likeness (QED) is 0.432. The van der Waals surface area contributed by atoms with Gasteiger partial charge >= 0.3 is 0 Å². The number of benzene rings is 2. The third-order valence-electron chi connectivity index (χ3n) is 6.38. The molecule has 0 radical (unpaired) electrons. The van der Waals surface area contributed by atoms with E-state index in [9.17, 15) is 5.11 Å². The Labute approximate surface area is 187 Å². The van der Waals surface area contributed by atoms with Gasteiger partial charge in [-0.1, -0.05) is 48.0 Å². The van der Waals surface area contributed by atoms with Crippen LogP contribution < -0.4 is 5.73 Å². The molecule has 1 fully saturated rings. The van der Waals surface area contributed by atoms with Crippen molar-refractivity contribution in [3.8, 4) is 22.6 Å². The Bertz CT molecular complexity index is 1220. The first kappa shape index (κ1) is 20.4. The number of anilines is 1. The highest BCUT2D eigenvalue weighted by atomic mass is 16.5. The maximum atomic E-state index is 10.1. The molecule has 2 aromatic heterocycles. The van der Waals surface area contributed by atoms with Crippen LogP contribution in [0.3, 0.4) is 0 Å². The number of rotatable bonds is 5. The van der Waals surface area contributed by atoms with E-state index in [1.807, 2.05) is 30.3 Å². The van der Waals surface area contributed by atoms with Crippen LogP contribution in [0.2, 0.25) is 0 Å². The van der Waals surface area contributed by atoms with Crippen LogP contribution in [-0.2, 0) is 11.0 Å². The summed E-state index contributed by atoms with van der Waals surface area (Å²) in [6.07, 6.45) is 4.77. The fourth-order valence-corrected chi connectivity index (χ4v) is 4.25. The lowest BCUT2D eigenvalue weighted by Crippen LogP contribution is -2.36. The Hall–Kier alpha value is -3.51. The van der Waals surface area contributed by atoms with Crippen LogP contribution in [-0.4, -0.2) is 20.2 Å². The van der Waals surface area contributed by atoms with Crippen molar-refractivity contribution in [2.24, 2.45) is 0 Å². The molecule has 4 aromatic rings. The van der Waals surface area contributed by atoms with E-state index >= 15 is 0 Å². The van der Waals surface area contributed by atoms with E-state index in [-0.39, 0.29) is 5.41 Å². The number of nitrogen functional groups attached to an aromatic ring is 1. The molecule has 0 saturated heterocycles. The van der Waals surface area contributed by atoms with Crippen LogP contribution in [0.1, 0.15) is 50.2 Å². The van der Waals surface area contributed by atoms with Crippen molar-refractivity contribution in [2.75, 3.05) is 5.73 Å². The smallest absolute Gasteiger partial charge is 0.259 e. The van der Waals surface area contributed by atoms with Gasteiger partial charge < -0.3 is 15.4 Å². The number of hydrogen-bond donors (Lipinski definition) is 2. The van der Waals surface area contributed by atoms with Gasteiger partial charge in [-0.2, -0.15) is 4.98 Å². The van der Waals surface area contributed by atoms with Gasteiger partial charge in [0.25, 0.3) is 5.89 Å². The van der Waals surface area contributed by atoms with Crippen LogP contribution in [0, 0.1) is 0 Å². The number of hydrogen-bond acceptors (Lipinski definition) is 6. The zero-order chi connectivity index (χ0) is 22.3. The Morgan fingerprint density at radius 2 is 1.53 bits per heavy atom. The zero-order valence-electron chi connectivity index (χ0n) is 18.2. The van der Waals surface area contributed by atoms with Gasteiger partial charge in [0, 0.05) is 11.9 Å². The summed E-state index contributed by atoms with van der Waals surface area (Å²) in [5, 5.41) is 14.5. The molecule has 0 spiro atoms. The van der Waals surface area contributed by atoms with Gasteiger partial charge in [-0.15, -0.1) is 0 Å². The molecular formula is C26H26N4O2. The van der Waals surface area contributed by atoms with Gasteiger partial charge in [-0.3, -0.25) is 4.98 Å². The molecule has 32 heavy (non-hydrogen) atoms. The number of aromatic nitrogens is 3. The van der Waals surface area contributed by atoms with Crippen molar-refractivity contribution in [2.45, 2.75) is 44.1 Å².